The molecule has 0 saturated heterocycles. The molecule has 9 rings (SSSR count). The van der Waals surface area contributed by atoms with Crippen LogP contribution < -0.4 is 0 Å². The molecule has 9 aromatic rings. The van der Waals surface area contributed by atoms with E-state index in [1.807, 2.05) is 0 Å². The molecule has 0 atom stereocenters. The monoisotopic (exact) mass is 616 g/mol. The quantitative estimate of drug-likeness (QED) is 0.184. The Bertz CT molecular complexity index is 4010. The Morgan fingerprint density at radius 2 is 1.11 bits per heavy atom. The van der Waals surface area contributed by atoms with Crippen LogP contribution in [-0.2, 0) is 0 Å². The van der Waals surface area contributed by atoms with E-state index in [1.165, 1.54) is 0 Å². The van der Waals surface area contributed by atoms with E-state index in [0.717, 1.165) is 0 Å². The predicted octanol–water partition coefficient (Wildman–Crippen LogP) is 11.8. The van der Waals surface area contributed by atoms with Gasteiger partial charge < -0.3 is 0 Å². The minimum absolute atomic E-state index is 0.376. The van der Waals surface area contributed by atoms with Gasteiger partial charge >= 0.3 is 0 Å². The summed E-state index contributed by atoms with van der Waals surface area (Å²) < 4.78 is 229. The van der Waals surface area contributed by atoms with Crippen LogP contribution in [0.15, 0.2) is 157 Å². The molecular weight excluding hydrogens is 565 g/mol. The molecule has 6 aromatic carbocycles. The van der Waals surface area contributed by atoms with Gasteiger partial charge in [-0.1, -0.05) is 121 Å². The van der Waals surface area contributed by atoms with Gasteiger partial charge in [0.2, 0.25) is 0 Å². The molecule has 0 aliphatic heterocycles. The second-order valence-electron chi connectivity index (χ2n) is 9.39. The molecule has 0 saturated carbocycles. The maximum absolute atomic E-state index is 9.59. The van der Waals surface area contributed by atoms with E-state index >= 15 is 0 Å². The number of fused-ring (bicyclic) bond motifs is 5. The highest BCUT2D eigenvalue weighted by Crippen LogP contribution is 2.40. The molecule has 3 heterocycles. The van der Waals surface area contributed by atoms with Crippen molar-refractivity contribution in [3.8, 4) is 43.3 Å². The molecule has 3 aromatic heterocycles. The summed E-state index contributed by atoms with van der Waals surface area (Å²) in [6, 6.07) is -20.6. The molecule has 0 bridgehead atoms. The van der Waals surface area contributed by atoms with Crippen LogP contribution >= 0.6 is 11.3 Å². The first-order chi connectivity index (χ1) is 33.1. The summed E-state index contributed by atoms with van der Waals surface area (Å²) in [5, 5.41) is -3.10. The van der Waals surface area contributed by atoms with E-state index in [2.05, 4.69) is 9.97 Å². The fourth-order valence-electron chi connectivity index (χ4n) is 4.79. The maximum Gasteiger partial charge on any atom is 0.0972 e. The fourth-order valence-corrected chi connectivity index (χ4v) is 5.66. The van der Waals surface area contributed by atoms with Crippen molar-refractivity contribution >= 4 is 54.7 Å². The highest BCUT2D eigenvalue weighted by molar-refractivity contribution is 7.18. The molecule has 210 valence electrons. The van der Waals surface area contributed by atoms with Crippen molar-refractivity contribution in [2.24, 2.45) is 0 Å². The molecule has 0 N–H and O–H groups in total. The summed E-state index contributed by atoms with van der Waals surface area (Å²) in [7, 11) is 0. The van der Waals surface area contributed by atoms with E-state index in [4.69, 9.17) is 30.2 Å². The lowest BCUT2D eigenvalue weighted by Crippen LogP contribution is -1.91. The first-order valence-corrected chi connectivity index (χ1v) is 13.9. The van der Waals surface area contributed by atoms with Gasteiger partial charge in [-0.2, -0.15) is 0 Å². The normalized spacial score (nSPS) is 19.6. The van der Waals surface area contributed by atoms with Crippen LogP contribution in [0.25, 0.3) is 86.6 Å². The van der Waals surface area contributed by atoms with Crippen molar-refractivity contribution < 1.29 is 35.6 Å². The van der Waals surface area contributed by atoms with E-state index < -0.39 is 239 Å². The van der Waals surface area contributed by atoms with Gasteiger partial charge in [0.1, 0.15) is 0 Å². The van der Waals surface area contributed by atoms with Gasteiger partial charge in [-0.15, -0.1) is 11.3 Å². The lowest BCUT2D eigenvalue weighted by Gasteiger charge is -2.13. The third-order valence-electron chi connectivity index (χ3n) is 6.82. The first kappa shape index (κ1) is 10.8. The third-order valence-corrected chi connectivity index (χ3v) is 7.84. The van der Waals surface area contributed by atoms with Gasteiger partial charge in [-0.3, -0.25) is 4.98 Å². The molecule has 0 fully saturated rings. The zero-order chi connectivity index (χ0) is 52.4. The fraction of sp³-hybridized carbons (Fsp3) is 0. The van der Waals surface area contributed by atoms with E-state index in [1.54, 1.807) is 0 Å². The molecular formula is C42H26N2S. The van der Waals surface area contributed by atoms with Crippen molar-refractivity contribution in [1.29, 1.82) is 0 Å². The van der Waals surface area contributed by atoms with E-state index in [0.29, 0.717) is 11.3 Å². The number of hydrogen-bond donors (Lipinski definition) is 0. The number of benzene rings is 6. The Morgan fingerprint density at radius 3 is 2.02 bits per heavy atom. The highest BCUT2D eigenvalue weighted by atomic mass is 32.1. The van der Waals surface area contributed by atoms with Gasteiger partial charge in [-0.05, 0) is 74.0 Å². The zero-order valence-electron chi connectivity index (χ0n) is 48.3. The van der Waals surface area contributed by atoms with Crippen LogP contribution in [0.1, 0.15) is 35.6 Å². The number of hydrogen-bond acceptors (Lipinski definition) is 3. The first-order valence-electron chi connectivity index (χ1n) is 26.1. The topological polar surface area (TPSA) is 25.8 Å². The number of nitrogens with zero attached hydrogens (tertiary/aromatic N) is 2. The Labute approximate surface area is 301 Å². The number of thiophene rings is 1. The SMILES string of the molecule is [2H]c1nc2c(c([2H])c1[2H])c([2H])c([2H])c1c([2H])c([2H])c(-c3c([2H])c([2H])c(-c4c([2H])c([2H])c([2H])c(-c5sc(-c6c([2H])c([2H])c([2H])c7c([2H])c([2H])c([2H])c([2H])c67)c([2H])c5[2H])c4[2H])c4c([2H])c([2H])c([2H])c([2H])c34)nc12. The van der Waals surface area contributed by atoms with Gasteiger partial charge in [-0.25, -0.2) is 4.98 Å². The average molecular weight is 617 g/mol. The summed E-state index contributed by atoms with van der Waals surface area (Å²) in [5.74, 6) is 0. The molecule has 0 aliphatic rings. The molecule has 0 unspecified atom stereocenters. The van der Waals surface area contributed by atoms with Gasteiger partial charge in [0, 0.05) is 32.3 Å². The summed E-state index contributed by atoms with van der Waals surface area (Å²) in [6.07, 6.45) is -0.751. The van der Waals surface area contributed by atoms with Gasteiger partial charge in [0.05, 0.1) is 52.4 Å². The summed E-state index contributed by atoms with van der Waals surface area (Å²) in [5.41, 5.74) is -4.88. The number of rotatable bonds is 4. The van der Waals surface area contributed by atoms with Crippen LogP contribution in [0.4, 0.5) is 0 Å². The molecule has 0 aliphatic carbocycles. The van der Waals surface area contributed by atoms with Crippen LogP contribution in [0.3, 0.4) is 0 Å². The smallest absolute Gasteiger partial charge is 0.0972 e. The molecule has 0 amide bonds. The van der Waals surface area contributed by atoms with Crippen LogP contribution in [0.2, 0.25) is 0 Å². The summed E-state index contributed by atoms with van der Waals surface area (Å²) >= 11 is 0.443. The van der Waals surface area contributed by atoms with E-state index in [-0.39, 0.29) is 4.88 Å². The molecule has 2 nitrogen and oxygen atoms in total. The van der Waals surface area contributed by atoms with Crippen LogP contribution in [-0.4, -0.2) is 9.97 Å². The lowest BCUT2D eigenvalue weighted by molar-refractivity contribution is 1.37. The van der Waals surface area contributed by atoms with Crippen molar-refractivity contribution in [1.82, 2.24) is 9.97 Å². The Hall–Kier alpha value is -5.64. The maximum atomic E-state index is 9.59. The van der Waals surface area contributed by atoms with E-state index in [9.17, 15) is 5.48 Å². The number of aromatic nitrogens is 2. The second kappa shape index (κ2) is 10.5. The van der Waals surface area contributed by atoms with Crippen molar-refractivity contribution in [3.63, 3.8) is 0 Å². The Balaban J connectivity index is 1.40. The molecule has 45 heavy (non-hydrogen) atoms. The minimum Gasteiger partial charge on any atom is -0.254 e. The third kappa shape index (κ3) is 4.40. The van der Waals surface area contributed by atoms with Crippen molar-refractivity contribution in [3.05, 3.63) is 157 Å². The second-order valence-corrected chi connectivity index (χ2v) is 10.4. The molecule has 3 heteroatoms. The largest absolute Gasteiger partial charge is 0.254 e. The van der Waals surface area contributed by atoms with Gasteiger partial charge in [0.25, 0.3) is 0 Å². The Morgan fingerprint density at radius 1 is 0.444 bits per heavy atom. The minimum atomic E-state index is -1.00. The Kier molecular flexibility index (Phi) is 2.51. The average Bonchev–Trinajstić information content (AvgIpc) is 3.61. The summed E-state index contributed by atoms with van der Waals surface area (Å²) in [6.45, 7) is 0. The van der Waals surface area contributed by atoms with Crippen molar-refractivity contribution in [2.45, 2.75) is 0 Å². The summed E-state index contributed by atoms with van der Waals surface area (Å²) in [4.78, 5) is 7.62. The zero-order valence-corrected chi connectivity index (χ0v) is 23.1. The van der Waals surface area contributed by atoms with Crippen molar-refractivity contribution in [2.75, 3.05) is 0 Å². The number of pyridine rings is 2. The molecule has 0 radical (unpaired) electrons. The lowest BCUT2D eigenvalue weighted by atomic mass is 9.92. The molecule has 0 spiro atoms. The predicted molar refractivity (Wildman–Crippen MR) is 192 cm³/mol. The van der Waals surface area contributed by atoms with Crippen LogP contribution in [0, 0.1) is 0 Å². The standard InChI is InChI=1S/C42H26N2S/c1-2-13-32-27(8-1)9-6-16-37(32)40-24-23-39(45-40)31-11-5-10-30(26-31)33-20-21-36(35-15-4-3-14-34(33)35)38-22-19-29-18-17-28-12-7-25-43-41(28)42(29)44-38/h1-26H/i1D,2D,3D,4D,5D,6D,7D,8D,9D,10D,11D,12D,13D,14D,15D,16D,17D,18D,19D,20D,21D,22D,23D,24D,25D,26D. The van der Waals surface area contributed by atoms with Crippen LogP contribution in [0.5, 0.6) is 0 Å². The van der Waals surface area contributed by atoms with Gasteiger partial charge in [0.15, 0.2) is 0 Å². The highest BCUT2D eigenvalue weighted by Gasteiger charge is 2.14.